The molecule has 2 aromatic rings. The monoisotopic (exact) mass is 341 g/mol. The van der Waals surface area contributed by atoms with Gasteiger partial charge in [-0.25, -0.2) is 0 Å². The van der Waals surface area contributed by atoms with Crippen LogP contribution in [0.15, 0.2) is 48.5 Å². The van der Waals surface area contributed by atoms with Crippen LogP contribution in [0.5, 0.6) is 0 Å². The van der Waals surface area contributed by atoms with Gasteiger partial charge < -0.3 is 15.1 Å². The van der Waals surface area contributed by atoms with E-state index in [-0.39, 0.29) is 17.2 Å². The lowest BCUT2D eigenvalue weighted by atomic mass is 10.1. The Balaban J connectivity index is 1.83. The first-order valence-corrected chi connectivity index (χ1v) is 8.25. The van der Waals surface area contributed by atoms with Gasteiger partial charge >= 0.3 is 0 Å². The van der Waals surface area contributed by atoms with Crippen LogP contribution in [-0.4, -0.2) is 44.1 Å². The first-order valence-electron chi connectivity index (χ1n) is 8.25. The van der Waals surface area contributed by atoms with E-state index < -0.39 is 4.92 Å². The number of nitrogens with zero attached hydrogens (tertiary/aromatic N) is 2. The maximum atomic E-state index is 12.4. The number of benzene rings is 2. The summed E-state index contributed by atoms with van der Waals surface area (Å²) in [6.07, 6.45) is 0. The number of nitro groups is 1. The van der Waals surface area contributed by atoms with E-state index in [1.54, 1.807) is 24.3 Å². The van der Waals surface area contributed by atoms with E-state index in [0.29, 0.717) is 11.4 Å². The highest BCUT2D eigenvalue weighted by Crippen LogP contribution is 2.29. The number of piperazine rings is 1. The van der Waals surface area contributed by atoms with Crippen molar-refractivity contribution in [1.82, 2.24) is 0 Å². The molecule has 0 atom stereocenters. The van der Waals surface area contributed by atoms with E-state index in [0.717, 1.165) is 26.2 Å². The van der Waals surface area contributed by atoms with Gasteiger partial charge in [0.1, 0.15) is 5.69 Å². The van der Waals surface area contributed by atoms with Gasteiger partial charge in [0.25, 0.3) is 11.6 Å². The second kappa shape index (κ2) is 7.31. The van der Waals surface area contributed by atoms with Crippen LogP contribution in [0.4, 0.5) is 17.1 Å². The fourth-order valence-corrected chi connectivity index (χ4v) is 2.93. The summed E-state index contributed by atoms with van der Waals surface area (Å²) < 4.78 is 0. The minimum atomic E-state index is -0.417. The molecular weight excluding hydrogens is 320 g/mol. The summed E-state index contributed by atoms with van der Waals surface area (Å²) in [6.45, 7) is 3.41. The van der Waals surface area contributed by atoms with Crippen molar-refractivity contribution in [3.05, 3.63) is 64.2 Å². The van der Waals surface area contributed by atoms with Crippen LogP contribution in [0.2, 0.25) is 0 Å². The van der Waals surface area contributed by atoms with E-state index in [4.69, 9.17) is 0 Å². The molecule has 7 heteroatoms. The zero-order chi connectivity index (χ0) is 17.8. The summed E-state index contributed by atoms with van der Waals surface area (Å²) in [5.41, 5.74) is 1.48. The maximum Gasteiger partial charge on any atom is 0.293 e. The van der Waals surface area contributed by atoms with Crippen molar-refractivity contribution in [3.63, 3.8) is 0 Å². The average Bonchev–Trinajstić information content (AvgIpc) is 2.62. The molecule has 1 saturated heterocycles. The molecule has 0 saturated carbocycles. The third-order valence-electron chi connectivity index (χ3n) is 4.42. The lowest BCUT2D eigenvalue weighted by molar-refractivity contribution is -0.880. The van der Waals surface area contributed by atoms with Gasteiger partial charge in [-0.05, 0) is 24.3 Å². The molecular formula is C18H21N4O3+. The highest BCUT2D eigenvalue weighted by atomic mass is 16.6. The molecule has 3 rings (SSSR count). The number of rotatable bonds is 4. The molecule has 0 aliphatic carbocycles. The Bertz CT molecular complexity index is 771. The fourth-order valence-electron chi connectivity index (χ4n) is 2.93. The number of carbonyl (C=O) groups excluding carboxylic acids is 1. The van der Waals surface area contributed by atoms with Gasteiger partial charge in [-0.2, -0.15) is 0 Å². The van der Waals surface area contributed by atoms with Crippen LogP contribution < -0.4 is 15.1 Å². The van der Waals surface area contributed by atoms with Crippen molar-refractivity contribution in [3.8, 4) is 0 Å². The summed E-state index contributed by atoms with van der Waals surface area (Å²) in [7, 11) is 2.11. The van der Waals surface area contributed by atoms with E-state index in [9.17, 15) is 14.9 Å². The summed E-state index contributed by atoms with van der Waals surface area (Å²) in [4.78, 5) is 26.9. The van der Waals surface area contributed by atoms with Gasteiger partial charge in [-0.15, -0.1) is 0 Å². The number of anilines is 2. The standard InChI is InChI=1S/C18H20N4O3/c1-20-9-11-21(12-10-20)16-8-7-14(13-17(16)22(24)25)18(23)19-15-5-3-2-4-6-15/h2-8,13H,9-12H2,1H3,(H,19,23)/p+1. The van der Waals surface area contributed by atoms with E-state index in [1.165, 1.54) is 11.0 Å². The lowest BCUT2D eigenvalue weighted by Crippen LogP contribution is -3.12. The predicted molar refractivity (Wildman–Crippen MR) is 96.3 cm³/mol. The zero-order valence-corrected chi connectivity index (χ0v) is 14.1. The quantitative estimate of drug-likeness (QED) is 0.646. The number of nitro benzene ring substituents is 1. The number of likely N-dealkylation sites (N-methyl/N-ethyl adjacent to an activating group) is 1. The van der Waals surface area contributed by atoms with Crippen molar-refractivity contribution in [2.24, 2.45) is 0 Å². The van der Waals surface area contributed by atoms with Crippen LogP contribution in [-0.2, 0) is 0 Å². The fraction of sp³-hybridized carbons (Fsp3) is 0.278. The number of para-hydroxylation sites is 1. The molecule has 7 nitrogen and oxygen atoms in total. The Morgan fingerprint density at radius 2 is 1.84 bits per heavy atom. The molecule has 0 bridgehead atoms. The summed E-state index contributed by atoms with van der Waals surface area (Å²) in [6, 6.07) is 13.7. The summed E-state index contributed by atoms with van der Waals surface area (Å²) in [5.74, 6) is -0.358. The Hall–Kier alpha value is -2.93. The first-order chi connectivity index (χ1) is 12.0. The van der Waals surface area contributed by atoms with Crippen molar-refractivity contribution in [2.45, 2.75) is 0 Å². The molecule has 1 fully saturated rings. The van der Waals surface area contributed by atoms with E-state index >= 15 is 0 Å². The molecule has 1 aliphatic heterocycles. The van der Waals surface area contributed by atoms with Crippen molar-refractivity contribution in [1.29, 1.82) is 0 Å². The Labute approximate surface area is 146 Å². The second-order valence-corrected chi connectivity index (χ2v) is 6.22. The number of hydrogen-bond acceptors (Lipinski definition) is 4. The average molecular weight is 341 g/mol. The molecule has 1 heterocycles. The minimum absolute atomic E-state index is 0.0275. The number of nitrogens with one attached hydrogen (secondary N) is 2. The van der Waals surface area contributed by atoms with E-state index in [2.05, 4.69) is 12.4 Å². The summed E-state index contributed by atoms with van der Waals surface area (Å²) >= 11 is 0. The van der Waals surface area contributed by atoms with Gasteiger partial charge in [-0.1, -0.05) is 18.2 Å². The Morgan fingerprint density at radius 1 is 1.16 bits per heavy atom. The van der Waals surface area contributed by atoms with Crippen molar-refractivity contribution in [2.75, 3.05) is 43.4 Å². The number of quaternary nitrogens is 1. The molecule has 2 N–H and O–H groups in total. The summed E-state index contributed by atoms with van der Waals surface area (Å²) in [5, 5.41) is 14.3. The van der Waals surface area contributed by atoms with Crippen molar-refractivity contribution >= 4 is 23.0 Å². The smallest absolute Gasteiger partial charge is 0.293 e. The largest absolute Gasteiger partial charge is 0.355 e. The number of hydrogen-bond donors (Lipinski definition) is 2. The van der Waals surface area contributed by atoms with Crippen LogP contribution in [0, 0.1) is 10.1 Å². The third kappa shape index (κ3) is 3.95. The van der Waals surface area contributed by atoms with Gasteiger partial charge in [0, 0.05) is 17.3 Å². The SMILES string of the molecule is C[NH+]1CCN(c2ccc(C(=O)Nc3ccccc3)cc2[N+](=O)[O-])CC1. The minimum Gasteiger partial charge on any atom is -0.355 e. The molecule has 0 radical (unpaired) electrons. The lowest BCUT2D eigenvalue weighted by Gasteiger charge is -2.31. The van der Waals surface area contributed by atoms with Gasteiger partial charge in [0.05, 0.1) is 38.2 Å². The Kier molecular flexibility index (Phi) is 4.95. The zero-order valence-electron chi connectivity index (χ0n) is 14.1. The predicted octanol–water partition coefficient (Wildman–Crippen LogP) is 1.18. The number of amides is 1. The van der Waals surface area contributed by atoms with Gasteiger partial charge in [0.2, 0.25) is 0 Å². The van der Waals surface area contributed by atoms with Gasteiger partial charge in [0.15, 0.2) is 0 Å². The van der Waals surface area contributed by atoms with Crippen LogP contribution in [0.3, 0.4) is 0 Å². The number of carbonyl (C=O) groups is 1. The highest BCUT2D eigenvalue weighted by molar-refractivity contribution is 6.05. The topological polar surface area (TPSA) is 79.9 Å². The van der Waals surface area contributed by atoms with Crippen LogP contribution in [0.25, 0.3) is 0 Å². The molecule has 1 aliphatic rings. The molecule has 0 unspecified atom stereocenters. The first kappa shape index (κ1) is 16.9. The Morgan fingerprint density at radius 3 is 2.48 bits per heavy atom. The normalized spacial score (nSPS) is 15.0. The van der Waals surface area contributed by atoms with Crippen LogP contribution in [0.1, 0.15) is 10.4 Å². The molecule has 0 spiro atoms. The molecule has 1 amide bonds. The third-order valence-corrected chi connectivity index (χ3v) is 4.42. The molecule has 130 valence electrons. The van der Waals surface area contributed by atoms with Crippen LogP contribution >= 0.6 is 0 Å². The van der Waals surface area contributed by atoms with Crippen molar-refractivity contribution < 1.29 is 14.6 Å². The second-order valence-electron chi connectivity index (χ2n) is 6.22. The van der Waals surface area contributed by atoms with Gasteiger partial charge in [-0.3, -0.25) is 14.9 Å². The maximum absolute atomic E-state index is 12.4. The molecule has 25 heavy (non-hydrogen) atoms. The molecule has 2 aromatic carbocycles. The highest BCUT2D eigenvalue weighted by Gasteiger charge is 2.25. The van der Waals surface area contributed by atoms with E-state index in [1.807, 2.05) is 23.1 Å². The molecule has 0 aromatic heterocycles.